The summed E-state index contributed by atoms with van der Waals surface area (Å²) < 4.78 is 6.78. The van der Waals surface area contributed by atoms with Crippen LogP contribution in [0.3, 0.4) is 0 Å². The number of nitrogens with zero attached hydrogens (tertiary/aromatic N) is 2. The zero-order valence-corrected chi connectivity index (χ0v) is 19.2. The number of carbonyl (C=O) groups excluding carboxylic acids is 2. The quantitative estimate of drug-likeness (QED) is 0.536. The summed E-state index contributed by atoms with van der Waals surface area (Å²) in [7, 11) is 0. The summed E-state index contributed by atoms with van der Waals surface area (Å²) in [6.45, 7) is 5.04. The van der Waals surface area contributed by atoms with E-state index >= 15 is 0 Å². The minimum atomic E-state index is -0.226. The van der Waals surface area contributed by atoms with Gasteiger partial charge in [-0.25, -0.2) is 4.98 Å². The molecule has 0 bridgehead atoms. The smallest absolute Gasteiger partial charge is 0.247 e. The number of hydrogen-bond donors (Lipinski definition) is 1. The number of carbonyl (C=O) groups is 2. The molecule has 1 saturated heterocycles. The molecule has 0 saturated carbocycles. The molecule has 1 fully saturated rings. The average molecular weight is 450 g/mol. The second kappa shape index (κ2) is 10.1. The fourth-order valence-electron chi connectivity index (χ4n) is 3.73. The molecule has 0 aliphatic carbocycles. The maximum absolute atomic E-state index is 13.0. The molecule has 1 N–H and O–H groups in total. The number of aromatic nitrogens is 1. The van der Waals surface area contributed by atoms with Gasteiger partial charge in [0.15, 0.2) is 0 Å². The van der Waals surface area contributed by atoms with Gasteiger partial charge in [-0.2, -0.15) is 0 Å². The van der Waals surface area contributed by atoms with Gasteiger partial charge in [0.1, 0.15) is 11.6 Å². The Morgan fingerprint density at radius 1 is 1.22 bits per heavy atom. The zero-order valence-electron chi connectivity index (χ0n) is 18.3. The van der Waals surface area contributed by atoms with Crippen LogP contribution < -0.4 is 5.32 Å². The molecule has 1 aliphatic rings. The minimum Gasteiger partial charge on any atom is -0.376 e. The van der Waals surface area contributed by atoms with Crippen molar-refractivity contribution in [2.45, 2.75) is 32.8 Å². The Morgan fingerprint density at radius 3 is 2.84 bits per heavy atom. The van der Waals surface area contributed by atoms with Gasteiger partial charge in [-0.15, -0.1) is 11.3 Å². The number of aryl methyl sites for hydroxylation is 1. The van der Waals surface area contributed by atoms with E-state index in [4.69, 9.17) is 4.74 Å². The van der Waals surface area contributed by atoms with Crippen molar-refractivity contribution in [3.63, 3.8) is 0 Å². The molecular formula is C25H27N3O3S. The van der Waals surface area contributed by atoms with Crippen LogP contribution in [0.2, 0.25) is 0 Å². The third-order valence-corrected chi connectivity index (χ3v) is 6.65. The molecule has 4 rings (SSSR count). The maximum Gasteiger partial charge on any atom is 0.247 e. The topological polar surface area (TPSA) is 71.5 Å². The Kier molecular flexibility index (Phi) is 6.97. The Balaban J connectivity index is 1.46. The van der Waals surface area contributed by atoms with Crippen LogP contribution in [0.25, 0.3) is 16.3 Å². The first kappa shape index (κ1) is 22.2. The molecule has 0 radical (unpaired) electrons. The van der Waals surface area contributed by atoms with Crippen LogP contribution in [0, 0.1) is 13.8 Å². The summed E-state index contributed by atoms with van der Waals surface area (Å²) in [6, 6.07) is 13.7. The number of anilines is 1. The van der Waals surface area contributed by atoms with Crippen molar-refractivity contribution in [2.75, 3.05) is 25.0 Å². The van der Waals surface area contributed by atoms with E-state index in [9.17, 15) is 9.59 Å². The van der Waals surface area contributed by atoms with Crippen LogP contribution >= 0.6 is 11.3 Å². The lowest BCUT2D eigenvalue weighted by Gasteiger charge is -2.24. The Hall–Kier alpha value is -3.03. The molecule has 1 atom stereocenters. The van der Waals surface area contributed by atoms with Gasteiger partial charge in [0.2, 0.25) is 11.8 Å². The highest BCUT2D eigenvalue weighted by atomic mass is 32.1. The molecule has 6 nitrogen and oxygen atoms in total. The fourth-order valence-corrected chi connectivity index (χ4v) is 4.60. The van der Waals surface area contributed by atoms with E-state index in [0.717, 1.165) is 44.9 Å². The predicted octanol–water partition coefficient (Wildman–Crippen LogP) is 4.57. The Bertz CT molecular complexity index is 1120. The number of rotatable bonds is 7. The van der Waals surface area contributed by atoms with Crippen molar-refractivity contribution in [1.29, 1.82) is 0 Å². The number of hydrogen-bond acceptors (Lipinski definition) is 5. The third-order valence-electron chi connectivity index (χ3n) is 5.65. The number of nitrogens with one attached hydrogen (secondary N) is 1. The molecule has 3 aromatic rings. The van der Waals surface area contributed by atoms with Gasteiger partial charge in [0, 0.05) is 24.9 Å². The molecule has 1 aliphatic heterocycles. The van der Waals surface area contributed by atoms with Crippen LogP contribution in [-0.2, 0) is 14.3 Å². The minimum absolute atomic E-state index is 0.0315. The van der Waals surface area contributed by atoms with E-state index < -0.39 is 0 Å². The summed E-state index contributed by atoms with van der Waals surface area (Å²) in [6.07, 6.45) is 5.05. The SMILES string of the molecule is Cc1cccc(NC(=O)CN(CC2CCCO2)C(=O)/C=C/c2nc3ccccc3s2)c1C. The normalized spacial score (nSPS) is 16.0. The van der Waals surface area contributed by atoms with Crippen LogP contribution in [-0.4, -0.2) is 47.5 Å². The first-order chi connectivity index (χ1) is 15.5. The van der Waals surface area contributed by atoms with Gasteiger partial charge in [0.25, 0.3) is 0 Å². The van der Waals surface area contributed by atoms with Gasteiger partial charge in [-0.1, -0.05) is 24.3 Å². The molecule has 1 unspecified atom stereocenters. The van der Waals surface area contributed by atoms with Crippen LogP contribution in [0.4, 0.5) is 5.69 Å². The molecule has 2 heterocycles. The van der Waals surface area contributed by atoms with Crippen LogP contribution in [0.15, 0.2) is 48.5 Å². The number of amides is 2. The van der Waals surface area contributed by atoms with Crippen molar-refractivity contribution >= 4 is 45.1 Å². The van der Waals surface area contributed by atoms with Gasteiger partial charge in [-0.05, 0) is 62.1 Å². The number of fused-ring (bicyclic) bond motifs is 1. The molecular weight excluding hydrogens is 422 g/mol. The van der Waals surface area contributed by atoms with E-state index in [1.807, 2.05) is 56.3 Å². The number of benzene rings is 2. The number of para-hydroxylation sites is 1. The van der Waals surface area contributed by atoms with Crippen LogP contribution in [0.5, 0.6) is 0 Å². The molecule has 7 heteroatoms. The molecule has 166 valence electrons. The summed E-state index contributed by atoms with van der Waals surface area (Å²) in [4.78, 5) is 31.9. The number of ether oxygens (including phenoxy) is 1. The van der Waals surface area contributed by atoms with Crippen molar-refractivity contribution in [3.05, 3.63) is 64.7 Å². The highest BCUT2D eigenvalue weighted by Gasteiger charge is 2.23. The fraction of sp³-hybridized carbons (Fsp3) is 0.320. The second-order valence-corrected chi connectivity index (χ2v) is 9.06. The van der Waals surface area contributed by atoms with E-state index in [0.29, 0.717) is 13.2 Å². The first-order valence-electron chi connectivity index (χ1n) is 10.8. The monoisotopic (exact) mass is 449 g/mol. The Labute approximate surface area is 191 Å². The van der Waals surface area contributed by atoms with Gasteiger partial charge in [0.05, 0.1) is 16.3 Å². The van der Waals surface area contributed by atoms with Gasteiger partial charge >= 0.3 is 0 Å². The molecule has 32 heavy (non-hydrogen) atoms. The molecule has 2 aromatic carbocycles. The highest BCUT2D eigenvalue weighted by Crippen LogP contribution is 2.23. The summed E-state index contributed by atoms with van der Waals surface area (Å²) in [5, 5.41) is 3.71. The van der Waals surface area contributed by atoms with Crippen LogP contribution in [0.1, 0.15) is 29.0 Å². The van der Waals surface area contributed by atoms with E-state index in [1.54, 1.807) is 11.0 Å². The molecule has 1 aromatic heterocycles. The second-order valence-electron chi connectivity index (χ2n) is 8.00. The van der Waals surface area contributed by atoms with Gasteiger partial charge < -0.3 is 15.0 Å². The summed E-state index contributed by atoms with van der Waals surface area (Å²) in [5.74, 6) is -0.450. The van der Waals surface area contributed by atoms with Gasteiger partial charge in [-0.3, -0.25) is 9.59 Å². The predicted molar refractivity (Wildman–Crippen MR) is 129 cm³/mol. The zero-order chi connectivity index (χ0) is 22.5. The first-order valence-corrected chi connectivity index (χ1v) is 11.6. The largest absolute Gasteiger partial charge is 0.376 e. The molecule has 0 spiro atoms. The lowest BCUT2D eigenvalue weighted by molar-refractivity contribution is -0.131. The summed E-state index contributed by atoms with van der Waals surface area (Å²) >= 11 is 1.53. The van der Waals surface area contributed by atoms with E-state index in [-0.39, 0.29) is 24.5 Å². The number of thiazole rings is 1. The third kappa shape index (κ3) is 5.41. The average Bonchev–Trinajstić information content (AvgIpc) is 3.44. The highest BCUT2D eigenvalue weighted by molar-refractivity contribution is 7.19. The summed E-state index contributed by atoms with van der Waals surface area (Å²) in [5.41, 5.74) is 3.81. The van der Waals surface area contributed by atoms with Crippen molar-refractivity contribution in [2.24, 2.45) is 0 Å². The lowest BCUT2D eigenvalue weighted by atomic mass is 10.1. The van der Waals surface area contributed by atoms with E-state index in [2.05, 4.69) is 10.3 Å². The van der Waals surface area contributed by atoms with Crippen molar-refractivity contribution in [1.82, 2.24) is 9.88 Å². The Morgan fingerprint density at radius 2 is 2.06 bits per heavy atom. The maximum atomic E-state index is 13.0. The standard InChI is InChI=1S/C25H27N3O3S/c1-17-7-5-10-20(18(17)2)26-23(29)16-28(15-19-8-6-14-31-19)25(30)13-12-24-27-21-9-3-4-11-22(21)32-24/h3-5,7,9-13,19H,6,8,14-16H2,1-2H3,(H,26,29)/b13-12+. The lowest BCUT2D eigenvalue weighted by Crippen LogP contribution is -2.41. The van der Waals surface area contributed by atoms with Crippen molar-refractivity contribution < 1.29 is 14.3 Å². The molecule has 2 amide bonds. The van der Waals surface area contributed by atoms with E-state index in [1.165, 1.54) is 17.4 Å². The van der Waals surface area contributed by atoms with Crippen molar-refractivity contribution in [3.8, 4) is 0 Å².